The van der Waals surface area contributed by atoms with Crippen LogP contribution < -0.4 is 15.8 Å². The van der Waals surface area contributed by atoms with E-state index in [4.69, 9.17) is 4.42 Å². The third kappa shape index (κ3) is 4.44. The summed E-state index contributed by atoms with van der Waals surface area (Å²) in [6, 6.07) is 10.7. The van der Waals surface area contributed by atoms with Crippen LogP contribution in [-0.4, -0.2) is 55.1 Å². The topological polar surface area (TPSA) is 78.7 Å². The van der Waals surface area contributed by atoms with E-state index in [-0.39, 0.29) is 11.1 Å². The minimum Gasteiger partial charge on any atom is -0.422 e. The van der Waals surface area contributed by atoms with E-state index < -0.39 is 23.2 Å². The molecule has 1 aliphatic heterocycles. The number of halogens is 2. The lowest BCUT2D eigenvalue weighted by Crippen LogP contribution is -2.48. The molecular weight excluding hydrogens is 450 g/mol. The van der Waals surface area contributed by atoms with Gasteiger partial charge in [-0.15, -0.1) is 0 Å². The molecule has 3 heterocycles. The third-order valence-electron chi connectivity index (χ3n) is 5.64. The van der Waals surface area contributed by atoms with Gasteiger partial charge in [0.1, 0.15) is 22.5 Å². The molecule has 1 aliphatic rings. The molecule has 0 spiro atoms. The van der Waals surface area contributed by atoms with Gasteiger partial charge in [0, 0.05) is 50.7 Å². The number of benzene rings is 2. The van der Waals surface area contributed by atoms with Gasteiger partial charge in [-0.2, -0.15) is 0 Å². The van der Waals surface area contributed by atoms with Gasteiger partial charge in [0.05, 0.1) is 4.70 Å². The normalized spacial score (nSPS) is 14.8. The summed E-state index contributed by atoms with van der Waals surface area (Å²) in [5.41, 5.74) is -0.0392. The minimum atomic E-state index is -0.660. The number of carbonyl (C=O) groups excluding carboxylic acids is 1. The van der Waals surface area contributed by atoms with Crippen molar-refractivity contribution in [1.29, 1.82) is 0 Å². The SMILES string of the molecule is O=C(NCCN1CCN(c2nc3c(F)cc(F)cc3s2)CC1)c1cc2ccccc2oc1=O. The van der Waals surface area contributed by atoms with Crippen molar-refractivity contribution in [1.82, 2.24) is 15.2 Å². The molecule has 0 unspecified atom stereocenters. The molecule has 2 aromatic heterocycles. The molecule has 1 N–H and O–H groups in total. The predicted octanol–water partition coefficient (Wildman–Crippen LogP) is 3.23. The van der Waals surface area contributed by atoms with Gasteiger partial charge in [-0.25, -0.2) is 18.6 Å². The fourth-order valence-corrected chi connectivity index (χ4v) is 4.94. The maximum Gasteiger partial charge on any atom is 0.349 e. The lowest BCUT2D eigenvalue weighted by molar-refractivity contribution is 0.0944. The number of para-hydroxylation sites is 1. The van der Waals surface area contributed by atoms with Crippen molar-refractivity contribution in [3.8, 4) is 0 Å². The molecule has 0 atom stereocenters. The molecule has 4 aromatic rings. The highest BCUT2D eigenvalue weighted by Crippen LogP contribution is 2.31. The van der Waals surface area contributed by atoms with Crippen molar-refractivity contribution in [3.05, 3.63) is 70.1 Å². The molecule has 1 fully saturated rings. The van der Waals surface area contributed by atoms with Gasteiger partial charge in [-0.05, 0) is 18.2 Å². The Morgan fingerprint density at radius 1 is 1.12 bits per heavy atom. The fraction of sp³-hybridized carbons (Fsp3) is 0.261. The minimum absolute atomic E-state index is 0.0157. The van der Waals surface area contributed by atoms with Crippen LogP contribution >= 0.6 is 11.3 Å². The Bertz CT molecular complexity index is 1400. The highest BCUT2D eigenvalue weighted by Gasteiger charge is 2.21. The number of piperazine rings is 1. The number of nitrogens with one attached hydrogen (secondary N) is 1. The van der Waals surface area contributed by atoms with Gasteiger partial charge in [0.25, 0.3) is 5.91 Å². The maximum absolute atomic E-state index is 13.9. The number of hydrogen-bond donors (Lipinski definition) is 1. The van der Waals surface area contributed by atoms with Crippen molar-refractivity contribution in [2.75, 3.05) is 44.2 Å². The van der Waals surface area contributed by atoms with Crippen molar-refractivity contribution in [3.63, 3.8) is 0 Å². The molecule has 1 amide bonds. The molecule has 2 aromatic carbocycles. The molecular formula is C23H20F2N4O3S. The van der Waals surface area contributed by atoms with Gasteiger partial charge in [0.15, 0.2) is 10.9 Å². The first kappa shape index (κ1) is 21.5. The molecule has 10 heteroatoms. The van der Waals surface area contributed by atoms with Crippen LogP contribution in [0.3, 0.4) is 0 Å². The van der Waals surface area contributed by atoms with Crippen LogP contribution in [0, 0.1) is 11.6 Å². The average Bonchev–Trinajstić information content (AvgIpc) is 3.23. The summed E-state index contributed by atoms with van der Waals surface area (Å²) in [6.45, 7) is 3.86. The highest BCUT2D eigenvalue weighted by molar-refractivity contribution is 7.22. The summed E-state index contributed by atoms with van der Waals surface area (Å²) < 4.78 is 33.1. The summed E-state index contributed by atoms with van der Waals surface area (Å²) in [6.07, 6.45) is 0. The number of amides is 1. The number of fused-ring (bicyclic) bond motifs is 2. The quantitative estimate of drug-likeness (QED) is 0.452. The van der Waals surface area contributed by atoms with Gasteiger partial charge in [-0.1, -0.05) is 29.5 Å². The van der Waals surface area contributed by atoms with E-state index in [9.17, 15) is 18.4 Å². The Morgan fingerprint density at radius 2 is 1.91 bits per heavy atom. The van der Waals surface area contributed by atoms with Gasteiger partial charge >= 0.3 is 5.63 Å². The van der Waals surface area contributed by atoms with Crippen LogP contribution in [0.1, 0.15) is 10.4 Å². The van der Waals surface area contributed by atoms with Crippen LogP contribution in [0.5, 0.6) is 0 Å². The third-order valence-corrected chi connectivity index (χ3v) is 6.71. The zero-order valence-corrected chi connectivity index (χ0v) is 18.3. The highest BCUT2D eigenvalue weighted by atomic mass is 32.1. The van der Waals surface area contributed by atoms with E-state index in [1.807, 2.05) is 6.07 Å². The second-order valence-corrected chi connectivity index (χ2v) is 8.81. The number of rotatable bonds is 5. The number of carbonyl (C=O) groups is 1. The summed E-state index contributed by atoms with van der Waals surface area (Å²) in [4.78, 5) is 33.2. The van der Waals surface area contributed by atoms with Crippen LogP contribution in [0.4, 0.5) is 13.9 Å². The largest absolute Gasteiger partial charge is 0.422 e. The van der Waals surface area contributed by atoms with E-state index >= 15 is 0 Å². The molecule has 0 aliphatic carbocycles. The van der Waals surface area contributed by atoms with Crippen LogP contribution in [-0.2, 0) is 0 Å². The monoisotopic (exact) mass is 470 g/mol. The Hall–Kier alpha value is -3.37. The molecule has 0 bridgehead atoms. The first-order chi connectivity index (χ1) is 16.0. The standard InChI is InChI=1S/C23H20F2N4O3S/c24-15-12-17(25)20-19(13-15)33-23(27-20)29-9-7-28(8-10-29)6-5-26-21(30)16-11-14-3-1-2-4-18(14)32-22(16)31/h1-4,11-13H,5-10H2,(H,26,30). The lowest BCUT2D eigenvalue weighted by atomic mass is 10.2. The van der Waals surface area contributed by atoms with Crippen molar-refractivity contribution in [2.24, 2.45) is 0 Å². The number of nitrogens with zero attached hydrogens (tertiary/aromatic N) is 3. The molecule has 170 valence electrons. The average molecular weight is 471 g/mol. The molecule has 1 saturated heterocycles. The van der Waals surface area contributed by atoms with Gasteiger partial charge in [-0.3, -0.25) is 9.69 Å². The maximum atomic E-state index is 13.9. The number of aromatic nitrogens is 1. The first-order valence-electron chi connectivity index (χ1n) is 10.5. The first-order valence-corrected chi connectivity index (χ1v) is 11.3. The second-order valence-electron chi connectivity index (χ2n) is 7.80. The Labute approximate surface area is 191 Å². The summed E-state index contributed by atoms with van der Waals surface area (Å²) in [7, 11) is 0. The van der Waals surface area contributed by atoms with Crippen LogP contribution in [0.2, 0.25) is 0 Å². The molecule has 7 nitrogen and oxygen atoms in total. The van der Waals surface area contributed by atoms with Crippen LogP contribution in [0.15, 0.2) is 51.7 Å². The van der Waals surface area contributed by atoms with Gasteiger partial charge in [0.2, 0.25) is 0 Å². The summed E-state index contributed by atoms with van der Waals surface area (Å²) in [5.74, 6) is -1.72. The molecule has 0 saturated carbocycles. The Balaban J connectivity index is 1.15. The summed E-state index contributed by atoms with van der Waals surface area (Å²) in [5, 5.41) is 4.14. The van der Waals surface area contributed by atoms with Crippen LogP contribution in [0.25, 0.3) is 21.2 Å². The van der Waals surface area contributed by atoms with E-state index in [1.54, 1.807) is 24.3 Å². The van der Waals surface area contributed by atoms with E-state index in [0.29, 0.717) is 47.0 Å². The van der Waals surface area contributed by atoms with Crippen molar-refractivity contribution >= 4 is 43.6 Å². The smallest absolute Gasteiger partial charge is 0.349 e. The molecule has 5 rings (SSSR count). The Kier molecular flexibility index (Phi) is 5.77. The summed E-state index contributed by atoms with van der Waals surface area (Å²) >= 11 is 1.28. The molecule has 0 radical (unpaired) electrons. The van der Waals surface area contributed by atoms with E-state index in [2.05, 4.69) is 20.1 Å². The zero-order chi connectivity index (χ0) is 22.9. The zero-order valence-electron chi connectivity index (χ0n) is 17.5. The lowest BCUT2D eigenvalue weighted by Gasteiger charge is -2.34. The van der Waals surface area contributed by atoms with Crippen molar-refractivity contribution < 1.29 is 18.0 Å². The van der Waals surface area contributed by atoms with Gasteiger partial charge < -0.3 is 14.6 Å². The molecule has 33 heavy (non-hydrogen) atoms. The number of anilines is 1. The number of thiazole rings is 1. The van der Waals surface area contributed by atoms with E-state index in [1.165, 1.54) is 17.4 Å². The predicted molar refractivity (Wildman–Crippen MR) is 123 cm³/mol. The fourth-order valence-electron chi connectivity index (χ4n) is 3.89. The van der Waals surface area contributed by atoms with E-state index in [0.717, 1.165) is 19.2 Å². The second kappa shape index (κ2) is 8.87. The Morgan fingerprint density at radius 3 is 2.73 bits per heavy atom. The number of hydrogen-bond acceptors (Lipinski definition) is 7. The van der Waals surface area contributed by atoms with Crippen molar-refractivity contribution in [2.45, 2.75) is 0 Å².